The van der Waals surface area contributed by atoms with Crippen molar-refractivity contribution >= 4 is 29.3 Å². The fraction of sp³-hybridized carbons (Fsp3) is 0.259. The topological polar surface area (TPSA) is 117 Å². The van der Waals surface area contributed by atoms with Crippen molar-refractivity contribution in [3.8, 4) is 0 Å². The molecule has 1 aliphatic rings. The van der Waals surface area contributed by atoms with Gasteiger partial charge in [-0.05, 0) is 47.7 Å². The van der Waals surface area contributed by atoms with Crippen molar-refractivity contribution in [1.29, 1.82) is 0 Å². The van der Waals surface area contributed by atoms with Gasteiger partial charge in [-0.15, -0.1) is 0 Å². The summed E-state index contributed by atoms with van der Waals surface area (Å²) in [4.78, 5) is 46.0. The third-order valence-electron chi connectivity index (χ3n) is 6.14. The standard InChI is InChI=1S/C27H28N4O4/c28-24-16-20(12-14-29-24)10-11-25(32)31-22-9-5-4-8-21(22)18-30(27(35)23(31)17-26(33)34)15-13-19-6-2-1-3-7-19/h1-9,12,14,16,23H,10-11,13,15,17-18H2,(H2,28,29)(H,33,34). The highest BCUT2D eigenvalue weighted by Gasteiger charge is 2.39. The molecule has 0 bridgehead atoms. The van der Waals surface area contributed by atoms with E-state index < -0.39 is 18.4 Å². The Bertz CT molecular complexity index is 1210. The quantitative estimate of drug-likeness (QED) is 0.520. The molecule has 0 spiro atoms. The zero-order valence-electron chi connectivity index (χ0n) is 19.3. The number of carbonyl (C=O) groups is 3. The van der Waals surface area contributed by atoms with Crippen LogP contribution >= 0.6 is 0 Å². The highest BCUT2D eigenvalue weighted by Crippen LogP contribution is 2.31. The molecular formula is C27H28N4O4. The maximum absolute atomic E-state index is 13.6. The van der Waals surface area contributed by atoms with E-state index in [0.717, 1.165) is 16.7 Å². The lowest BCUT2D eigenvalue weighted by Gasteiger charge is -2.30. The van der Waals surface area contributed by atoms with Crippen molar-refractivity contribution in [2.24, 2.45) is 0 Å². The van der Waals surface area contributed by atoms with Crippen molar-refractivity contribution in [2.45, 2.75) is 38.3 Å². The predicted molar refractivity (Wildman–Crippen MR) is 133 cm³/mol. The van der Waals surface area contributed by atoms with Crippen LogP contribution in [-0.4, -0.2) is 45.4 Å². The molecule has 1 atom stereocenters. The van der Waals surface area contributed by atoms with Gasteiger partial charge in [0.05, 0.1) is 6.42 Å². The van der Waals surface area contributed by atoms with E-state index >= 15 is 0 Å². The van der Waals surface area contributed by atoms with E-state index in [0.29, 0.717) is 37.4 Å². The number of anilines is 2. The molecule has 4 rings (SSSR count). The van der Waals surface area contributed by atoms with E-state index in [9.17, 15) is 19.5 Å². The molecule has 3 aromatic rings. The summed E-state index contributed by atoms with van der Waals surface area (Å²) < 4.78 is 0. The largest absolute Gasteiger partial charge is 0.481 e. The number of fused-ring (bicyclic) bond motifs is 1. The molecule has 0 aliphatic carbocycles. The Morgan fingerprint density at radius 1 is 1.00 bits per heavy atom. The lowest BCUT2D eigenvalue weighted by Crippen LogP contribution is -2.50. The minimum atomic E-state index is -1.13. The summed E-state index contributed by atoms with van der Waals surface area (Å²) in [6, 6.07) is 19.5. The first-order valence-corrected chi connectivity index (χ1v) is 11.6. The van der Waals surface area contributed by atoms with Gasteiger partial charge in [-0.25, -0.2) is 4.98 Å². The summed E-state index contributed by atoms with van der Waals surface area (Å²) in [6.45, 7) is 0.730. The van der Waals surface area contributed by atoms with Gasteiger partial charge in [-0.1, -0.05) is 48.5 Å². The molecule has 1 unspecified atom stereocenters. The first-order chi connectivity index (χ1) is 16.9. The summed E-state index contributed by atoms with van der Waals surface area (Å²) in [5, 5.41) is 9.63. The van der Waals surface area contributed by atoms with Gasteiger partial charge in [0.15, 0.2) is 0 Å². The molecule has 0 radical (unpaired) electrons. The average Bonchev–Trinajstić information content (AvgIpc) is 2.96. The Labute approximate surface area is 204 Å². The lowest BCUT2D eigenvalue weighted by atomic mass is 10.1. The zero-order valence-corrected chi connectivity index (χ0v) is 19.3. The van der Waals surface area contributed by atoms with E-state index in [1.54, 1.807) is 35.4 Å². The number of aromatic nitrogens is 1. The molecule has 1 aromatic heterocycles. The first-order valence-electron chi connectivity index (χ1n) is 11.6. The van der Waals surface area contributed by atoms with Gasteiger partial charge in [-0.2, -0.15) is 0 Å². The van der Waals surface area contributed by atoms with Crippen LogP contribution < -0.4 is 10.6 Å². The Morgan fingerprint density at radius 3 is 2.49 bits per heavy atom. The van der Waals surface area contributed by atoms with Crippen molar-refractivity contribution in [3.63, 3.8) is 0 Å². The molecule has 35 heavy (non-hydrogen) atoms. The number of rotatable bonds is 8. The maximum atomic E-state index is 13.6. The summed E-state index contributed by atoms with van der Waals surface area (Å²) in [6.07, 6.45) is 2.24. The number of carbonyl (C=O) groups excluding carboxylic acids is 2. The number of carboxylic acid groups (broad SMARTS) is 1. The number of nitrogen functional groups attached to an aromatic ring is 1. The van der Waals surface area contributed by atoms with Crippen LogP contribution in [0.3, 0.4) is 0 Å². The lowest BCUT2D eigenvalue weighted by molar-refractivity contribution is -0.142. The third-order valence-corrected chi connectivity index (χ3v) is 6.14. The van der Waals surface area contributed by atoms with Crippen LogP contribution in [0.4, 0.5) is 11.5 Å². The average molecular weight is 473 g/mol. The number of pyridine rings is 1. The molecular weight excluding hydrogens is 444 g/mol. The van der Waals surface area contributed by atoms with E-state index in [-0.39, 0.29) is 18.2 Å². The molecule has 3 N–H and O–H groups in total. The number of benzene rings is 2. The summed E-state index contributed by atoms with van der Waals surface area (Å²) in [5.74, 6) is -1.44. The number of aliphatic carboxylic acids is 1. The van der Waals surface area contributed by atoms with Crippen LogP contribution in [0.25, 0.3) is 0 Å². The SMILES string of the molecule is Nc1cc(CCC(=O)N2c3ccccc3CN(CCc3ccccc3)C(=O)C2CC(=O)O)ccn1. The number of hydrogen-bond acceptors (Lipinski definition) is 5. The number of amides is 2. The minimum absolute atomic E-state index is 0.102. The van der Waals surface area contributed by atoms with E-state index in [1.165, 1.54) is 4.90 Å². The summed E-state index contributed by atoms with van der Waals surface area (Å²) in [7, 11) is 0. The number of aryl methyl sites for hydroxylation is 1. The molecule has 180 valence electrons. The Kier molecular flexibility index (Phi) is 7.40. The summed E-state index contributed by atoms with van der Waals surface area (Å²) in [5.41, 5.74) is 9.06. The number of nitrogens with two attached hydrogens (primary N) is 1. The van der Waals surface area contributed by atoms with Gasteiger partial charge in [0.25, 0.3) is 0 Å². The monoisotopic (exact) mass is 472 g/mol. The molecule has 2 aromatic carbocycles. The molecule has 0 fully saturated rings. The second kappa shape index (κ2) is 10.8. The van der Waals surface area contributed by atoms with Gasteiger partial charge < -0.3 is 15.7 Å². The number of hydrogen-bond donors (Lipinski definition) is 2. The highest BCUT2D eigenvalue weighted by atomic mass is 16.4. The van der Waals surface area contributed by atoms with Crippen LogP contribution in [0.15, 0.2) is 72.9 Å². The van der Waals surface area contributed by atoms with Crippen molar-refractivity contribution in [2.75, 3.05) is 17.2 Å². The molecule has 1 aliphatic heterocycles. The second-order valence-electron chi connectivity index (χ2n) is 8.59. The van der Waals surface area contributed by atoms with E-state index in [2.05, 4.69) is 4.98 Å². The van der Waals surface area contributed by atoms with E-state index in [4.69, 9.17) is 5.73 Å². The molecule has 8 heteroatoms. The Morgan fingerprint density at radius 2 is 1.74 bits per heavy atom. The van der Waals surface area contributed by atoms with E-state index in [1.807, 2.05) is 42.5 Å². The maximum Gasteiger partial charge on any atom is 0.306 e. The van der Waals surface area contributed by atoms with Crippen molar-refractivity contribution < 1.29 is 19.5 Å². The Hall–Kier alpha value is -4.20. The van der Waals surface area contributed by atoms with Gasteiger partial charge in [0, 0.05) is 31.4 Å². The van der Waals surface area contributed by atoms with Crippen LogP contribution in [0.2, 0.25) is 0 Å². The fourth-order valence-electron chi connectivity index (χ4n) is 4.42. The molecule has 8 nitrogen and oxygen atoms in total. The predicted octanol–water partition coefficient (Wildman–Crippen LogP) is 3.06. The number of carboxylic acids is 1. The number of para-hydroxylation sites is 1. The van der Waals surface area contributed by atoms with Crippen LogP contribution in [0, 0.1) is 0 Å². The van der Waals surface area contributed by atoms with Crippen LogP contribution in [-0.2, 0) is 33.8 Å². The van der Waals surface area contributed by atoms with Gasteiger partial charge in [0.2, 0.25) is 11.8 Å². The smallest absolute Gasteiger partial charge is 0.306 e. The van der Waals surface area contributed by atoms with Crippen LogP contribution in [0.1, 0.15) is 29.5 Å². The summed E-state index contributed by atoms with van der Waals surface area (Å²) >= 11 is 0. The fourth-order valence-corrected chi connectivity index (χ4v) is 4.42. The number of nitrogens with zero attached hydrogens (tertiary/aromatic N) is 3. The van der Waals surface area contributed by atoms with Gasteiger partial charge >= 0.3 is 5.97 Å². The first kappa shape index (κ1) is 23.9. The minimum Gasteiger partial charge on any atom is -0.481 e. The van der Waals surface area contributed by atoms with Crippen LogP contribution in [0.5, 0.6) is 0 Å². The third kappa shape index (κ3) is 5.84. The second-order valence-corrected chi connectivity index (χ2v) is 8.59. The normalized spacial score (nSPS) is 15.4. The zero-order chi connectivity index (χ0) is 24.8. The molecule has 0 saturated heterocycles. The van der Waals surface area contributed by atoms with Crippen molar-refractivity contribution in [1.82, 2.24) is 9.88 Å². The molecule has 2 amide bonds. The highest BCUT2D eigenvalue weighted by molar-refractivity contribution is 6.03. The molecule has 0 saturated carbocycles. The van der Waals surface area contributed by atoms with Gasteiger partial charge in [0.1, 0.15) is 11.9 Å². The molecule has 2 heterocycles. The van der Waals surface area contributed by atoms with Crippen molar-refractivity contribution in [3.05, 3.63) is 89.6 Å². The van der Waals surface area contributed by atoms with Gasteiger partial charge in [-0.3, -0.25) is 19.3 Å². The Balaban J connectivity index is 1.63.